The standard InChI is InChI=1S/C27H28N4O3S2/c1-3-20-9-14-24-25(19-20)35-27(28-24)31-17-15-30(16-18-31)26(32)21-10-12-23(13-11-21)36(33,34)29(2)22-7-5-4-6-8-22/h4-14,19H,3,15-18H2,1-2H3. The third-order valence-corrected chi connectivity index (χ3v) is 9.45. The van der Waals surface area contributed by atoms with Crippen LogP contribution in [0.2, 0.25) is 0 Å². The lowest BCUT2D eigenvalue weighted by Gasteiger charge is -2.34. The predicted octanol–water partition coefficient (Wildman–Crippen LogP) is 4.65. The number of rotatable bonds is 6. The van der Waals surface area contributed by atoms with Gasteiger partial charge in [-0.25, -0.2) is 13.4 Å². The number of fused-ring (bicyclic) bond motifs is 1. The molecule has 0 atom stereocenters. The van der Waals surface area contributed by atoms with E-state index in [0.717, 1.165) is 17.1 Å². The van der Waals surface area contributed by atoms with Crippen LogP contribution >= 0.6 is 11.3 Å². The Balaban J connectivity index is 1.24. The van der Waals surface area contributed by atoms with Gasteiger partial charge < -0.3 is 9.80 Å². The number of sulfonamides is 1. The Labute approximate surface area is 215 Å². The maximum absolute atomic E-state index is 13.1. The molecule has 4 aromatic rings. The topological polar surface area (TPSA) is 73.8 Å². The highest BCUT2D eigenvalue weighted by molar-refractivity contribution is 7.92. The van der Waals surface area contributed by atoms with Gasteiger partial charge in [0, 0.05) is 38.8 Å². The van der Waals surface area contributed by atoms with Crippen LogP contribution in [0.25, 0.3) is 10.2 Å². The van der Waals surface area contributed by atoms with Crippen LogP contribution in [0.4, 0.5) is 10.8 Å². The summed E-state index contributed by atoms with van der Waals surface area (Å²) in [6, 6.07) is 21.5. The second-order valence-corrected chi connectivity index (χ2v) is 11.7. The van der Waals surface area contributed by atoms with Crippen molar-refractivity contribution in [3.63, 3.8) is 0 Å². The van der Waals surface area contributed by atoms with Gasteiger partial charge in [-0.3, -0.25) is 9.10 Å². The van der Waals surface area contributed by atoms with Crippen LogP contribution in [0.15, 0.2) is 77.7 Å². The Morgan fingerprint density at radius 1 is 0.972 bits per heavy atom. The summed E-state index contributed by atoms with van der Waals surface area (Å²) in [6.45, 7) is 4.74. The fourth-order valence-corrected chi connectivity index (χ4v) is 6.58. The molecule has 1 aliphatic rings. The maximum Gasteiger partial charge on any atom is 0.264 e. The number of benzene rings is 3. The molecule has 2 heterocycles. The van der Waals surface area contributed by atoms with Gasteiger partial charge in [0.15, 0.2) is 5.13 Å². The molecule has 36 heavy (non-hydrogen) atoms. The lowest BCUT2D eigenvalue weighted by atomic mass is 10.2. The van der Waals surface area contributed by atoms with Crippen molar-refractivity contribution in [2.75, 3.05) is 42.4 Å². The first-order valence-corrected chi connectivity index (χ1v) is 14.2. The van der Waals surface area contributed by atoms with Gasteiger partial charge in [0.2, 0.25) is 0 Å². The number of aromatic nitrogens is 1. The van der Waals surface area contributed by atoms with Crippen LogP contribution in [-0.4, -0.2) is 57.4 Å². The largest absolute Gasteiger partial charge is 0.345 e. The van der Waals surface area contributed by atoms with E-state index in [4.69, 9.17) is 4.98 Å². The number of carbonyl (C=O) groups excluding carboxylic acids is 1. The first kappa shape index (κ1) is 24.3. The molecule has 1 aliphatic heterocycles. The van der Waals surface area contributed by atoms with Gasteiger partial charge in [-0.1, -0.05) is 42.5 Å². The van der Waals surface area contributed by atoms with Gasteiger partial charge in [0.05, 0.1) is 20.8 Å². The summed E-state index contributed by atoms with van der Waals surface area (Å²) < 4.78 is 28.4. The molecule has 7 nitrogen and oxygen atoms in total. The van der Waals surface area contributed by atoms with Crippen molar-refractivity contribution >= 4 is 48.3 Å². The molecular formula is C27H28N4O3S2. The molecule has 1 saturated heterocycles. The number of para-hydroxylation sites is 1. The minimum atomic E-state index is -3.72. The zero-order valence-electron chi connectivity index (χ0n) is 20.3. The number of carbonyl (C=O) groups is 1. The van der Waals surface area contributed by atoms with E-state index in [1.807, 2.05) is 11.0 Å². The number of thiazole rings is 1. The van der Waals surface area contributed by atoms with Crippen molar-refractivity contribution < 1.29 is 13.2 Å². The molecule has 5 rings (SSSR count). The van der Waals surface area contributed by atoms with Crippen LogP contribution in [0.1, 0.15) is 22.8 Å². The number of amides is 1. The molecule has 1 amide bonds. The lowest BCUT2D eigenvalue weighted by molar-refractivity contribution is 0.0746. The van der Waals surface area contributed by atoms with Crippen molar-refractivity contribution in [2.45, 2.75) is 18.2 Å². The Hall–Kier alpha value is -3.43. The number of piperazine rings is 1. The van der Waals surface area contributed by atoms with E-state index in [0.29, 0.717) is 37.4 Å². The fourth-order valence-electron chi connectivity index (χ4n) is 4.30. The van der Waals surface area contributed by atoms with Crippen LogP contribution in [0.5, 0.6) is 0 Å². The van der Waals surface area contributed by atoms with Gasteiger partial charge in [-0.05, 0) is 60.5 Å². The summed E-state index contributed by atoms with van der Waals surface area (Å²) in [4.78, 5) is 22.1. The van der Waals surface area contributed by atoms with Gasteiger partial charge in [0.25, 0.3) is 15.9 Å². The Morgan fingerprint density at radius 2 is 1.67 bits per heavy atom. The van der Waals surface area contributed by atoms with Crippen LogP contribution in [-0.2, 0) is 16.4 Å². The summed E-state index contributed by atoms with van der Waals surface area (Å²) in [7, 11) is -2.19. The molecule has 0 aliphatic carbocycles. The van der Waals surface area contributed by atoms with E-state index in [-0.39, 0.29) is 10.8 Å². The Kier molecular flexibility index (Phi) is 6.68. The molecule has 186 valence electrons. The first-order chi connectivity index (χ1) is 17.4. The number of hydrogen-bond acceptors (Lipinski definition) is 6. The third-order valence-electron chi connectivity index (χ3n) is 6.57. The van der Waals surface area contributed by atoms with Gasteiger partial charge >= 0.3 is 0 Å². The minimum Gasteiger partial charge on any atom is -0.345 e. The summed E-state index contributed by atoms with van der Waals surface area (Å²) in [5.41, 5.74) is 3.38. The summed E-state index contributed by atoms with van der Waals surface area (Å²) in [5.74, 6) is -0.0908. The quantitative estimate of drug-likeness (QED) is 0.370. The van der Waals surface area contributed by atoms with Crippen molar-refractivity contribution in [3.05, 3.63) is 83.9 Å². The molecular weight excluding hydrogens is 492 g/mol. The van der Waals surface area contributed by atoms with Crippen LogP contribution < -0.4 is 9.21 Å². The second kappa shape index (κ2) is 9.91. The van der Waals surface area contributed by atoms with Gasteiger partial charge in [0.1, 0.15) is 0 Å². The molecule has 1 aromatic heterocycles. The molecule has 0 bridgehead atoms. The molecule has 9 heteroatoms. The highest BCUT2D eigenvalue weighted by Crippen LogP contribution is 2.30. The Bertz CT molecular complexity index is 1480. The number of nitrogens with zero attached hydrogens (tertiary/aromatic N) is 4. The second-order valence-electron chi connectivity index (χ2n) is 8.76. The van der Waals surface area contributed by atoms with E-state index in [9.17, 15) is 13.2 Å². The smallest absolute Gasteiger partial charge is 0.264 e. The lowest BCUT2D eigenvalue weighted by Crippen LogP contribution is -2.48. The van der Waals surface area contributed by atoms with Gasteiger partial charge in [-0.15, -0.1) is 0 Å². The molecule has 1 fully saturated rings. The monoisotopic (exact) mass is 520 g/mol. The van der Waals surface area contributed by atoms with E-state index in [1.165, 1.54) is 33.7 Å². The zero-order chi connectivity index (χ0) is 25.3. The molecule has 0 spiro atoms. The van der Waals surface area contributed by atoms with E-state index in [1.54, 1.807) is 47.7 Å². The fraction of sp³-hybridized carbons (Fsp3) is 0.259. The van der Waals surface area contributed by atoms with Crippen LogP contribution in [0.3, 0.4) is 0 Å². The average molecular weight is 521 g/mol. The predicted molar refractivity (Wildman–Crippen MR) is 146 cm³/mol. The molecule has 0 saturated carbocycles. The van der Waals surface area contributed by atoms with E-state index < -0.39 is 10.0 Å². The highest BCUT2D eigenvalue weighted by Gasteiger charge is 2.25. The molecule has 3 aromatic carbocycles. The minimum absolute atomic E-state index is 0.0908. The highest BCUT2D eigenvalue weighted by atomic mass is 32.2. The molecule has 0 N–H and O–H groups in total. The molecule has 0 unspecified atom stereocenters. The number of anilines is 2. The first-order valence-electron chi connectivity index (χ1n) is 11.9. The maximum atomic E-state index is 13.1. The Morgan fingerprint density at radius 3 is 2.33 bits per heavy atom. The average Bonchev–Trinajstić information content (AvgIpc) is 3.36. The SMILES string of the molecule is CCc1ccc2nc(N3CCN(C(=O)c4ccc(S(=O)(=O)N(C)c5ccccc5)cc4)CC3)sc2c1. The normalized spacial score (nSPS) is 14.3. The van der Waals surface area contributed by atoms with Crippen molar-refractivity contribution in [3.8, 4) is 0 Å². The summed E-state index contributed by atoms with van der Waals surface area (Å²) in [6.07, 6.45) is 1.00. The zero-order valence-corrected chi connectivity index (χ0v) is 21.9. The number of hydrogen-bond donors (Lipinski definition) is 0. The molecule has 0 radical (unpaired) electrons. The van der Waals surface area contributed by atoms with Crippen LogP contribution in [0, 0.1) is 0 Å². The number of aryl methyl sites for hydroxylation is 1. The van der Waals surface area contributed by atoms with Crippen molar-refractivity contribution in [1.29, 1.82) is 0 Å². The van der Waals surface area contributed by atoms with Crippen molar-refractivity contribution in [1.82, 2.24) is 9.88 Å². The third kappa shape index (κ3) is 4.68. The summed E-state index contributed by atoms with van der Waals surface area (Å²) >= 11 is 1.69. The summed E-state index contributed by atoms with van der Waals surface area (Å²) in [5, 5.41) is 0.988. The van der Waals surface area contributed by atoms with E-state index in [2.05, 4.69) is 30.0 Å². The van der Waals surface area contributed by atoms with Crippen molar-refractivity contribution in [2.24, 2.45) is 0 Å². The van der Waals surface area contributed by atoms with Gasteiger partial charge in [-0.2, -0.15) is 0 Å². The van der Waals surface area contributed by atoms with E-state index >= 15 is 0 Å².